The highest BCUT2D eigenvalue weighted by molar-refractivity contribution is 5.24. The molecule has 0 saturated heterocycles. The average Bonchev–Trinajstić information content (AvgIpc) is 3.14. The van der Waals surface area contributed by atoms with Crippen molar-refractivity contribution < 1.29 is 5.11 Å². The molecule has 2 unspecified atom stereocenters. The fraction of sp³-hybridized carbons (Fsp3) is 0.812. The fourth-order valence-electron chi connectivity index (χ4n) is 3.27. The quantitative estimate of drug-likeness (QED) is 0.806. The summed E-state index contributed by atoms with van der Waals surface area (Å²) in [7, 11) is 0. The first kappa shape index (κ1) is 15.5. The number of aliphatic hydroxyl groups is 1. The van der Waals surface area contributed by atoms with Crippen LogP contribution >= 0.6 is 0 Å². The average molecular weight is 279 g/mol. The van der Waals surface area contributed by atoms with Crippen LogP contribution in [0.1, 0.15) is 63.0 Å². The van der Waals surface area contributed by atoms with Crippen molar-refractivity contribution in [2.24, 2.45) is 0 Å². The number of rotatable bonds is 7. The molecule has 1 aliphatic rings. The van der Waals surface area contributed by atoms with Crippen LogP contribution in [0.3, 0.4) is 0 Å². The van der Waals surface area contributed by atoms with E-state index in [2.05, 4.69) is 44.6 Å². The van der Waals surface area contributed by atoms with Gasteiger partial charge in [0.05, 0.1) is 18.3 Å². The van der Waals surface area contributed by atoms with E-state index in [9.17, 15) is 5.11 Å². The van der Waals surface area contributed by atoms with Gasteiger partial charge >= 0.3 is 0 Å². The van der Waals surface area contributed by atoms with E-state index in [1.54, 1.807) is 0 Å². The van der Waals surface area contributed by atoms with Crippen LogP contribution in [-0.2, 0) is 6.42 Å². The van der Waals surface area contributed by atoms with E-state index < -0.39 is 0 Å². The molecule has 1 aliphatic carbocycles. The van der Waals surface area contributed by atoms with Gasteiger partial charge in [0.1, 0.15) is 0 Å². The third-order valence-corrected chi connectivity index (χ3v) is 4.47. The first-order chi connectivity index (χ1) is 9.40. The minimum Gasteiger partial charge on any atom is -0.394 e. The highest BCUT2D eigenvalue weighted by atomic mass is 16.3. The van der Waals surface area contributed by atoms with Gasteiger partial charge < -0.3 is 10.4 Å². The Balaban J connectivity index is 2.11. The molecule has 2 rings (SSSR count). The first-order valence-corrected chi connectivity index (χ1v) is 7.83. The smallest absolute Gasteiger partial charge is 0.0628 e. The van der Waals surface area contributed by atoms with Crippen molar-refractivity contribution in [3.05, 3.63) is 17.0 Å². The Hall–Kier alpha value is -0.870. The summed E-state index contributed by atoms with van der Waals surface area (Å²) >= 11 is 0. The Morgan fingerprint density at radius 2 is 2.10 bits per heavy atom. The zero-order valence-electron chi connectivity index (χ0n) is 13.5. The maximum Gasteiger partial charge on any atom is 0.0628 e. The number of aliphatic hydroxyl groups excluding tert-OH is 1. The van der Waals surface area contributed by atoms with E-state index in [0.29, 0.717) is 6.04 Å². The highest BCUT2D eigenvalue weighted by Crippen LogP contribution is 2.28. The molecule has 20 heavy (non-hydrogen) atoms. The minimum atomic E-state index is -0.209. The van der Waals surface area contributed by atoms with E-state index in [0.717, 1.165) is 18.5 Å². The molecular formula is C16H29N3O. The van der Waals surface area contributed by atoms with Gasteiger partial charge in [-0.05, 0) is 58.9 Å². The van der Waals surface area contributed by atoms with E-state index in [1.807, 2.05) is 0 Å². The lowest BCUT2D eigenvalue weighted by atomic mass is 9.94. The largest absolute Gasteiger partial charge is 0.394 e. The zero-order valence-corrected chi connectivity index (χ0v) is 13.5. The van der Waals surface area contributed by atoms with Crippen LogP contribution in [0, 0.1) is 13.8 Å². The van der Waals surface area contributed by atoms with Gasteiger partial charge in [0.2, 0.25) is 0 Å². The molecule has 1 aromatic heterocycles. The van der Waals surface area contributed by atoms with Crippen LogP contribution in [0.4, 0.5) is 0 Å². The number of hydrogen-bond acceptors (Lipinski definition) is 3. The summed E-state index contributed by atoms with van der Waals surface area (Å²) in [6.07, 6.45) is 4.40. The van der Waals surface area contributed by atoms with Gasteiger partial charge in [-0.3, -0.25) is 4.68 Å². The SMILES string of the molecule is CCc1c(C)nn(C(C)CC(C)(CO)NC2CC2)c1C. The Morgan fingerprint density at radius 1 is 1.45 bits per heavy atom. The lowest BCUT2D eigenvalue weighted by molar-refractivity contribution is 0.146. The third kappa shape index (κ3) is 3.23. The second-order valence-corrected chi connectivity index (χ2v) is 6.64. The monoisotopic (exact) mass is 279 g/mol. The maximum atomic E-state index is 9.74. The summed E-state index contributed by atoms with van der Waals surface area (Å²) in [5, 5.41) is 18.0. The van der Waals surface area contributed by atoms with Crippen LogP contribution in [0.5, 0.6) is 0 Å². The maximum absolute atomic E-state index is 9.74. The first-order valence-electron chi connectivity index (χ1n) is 7.83. The van der Waals surface area contributed by atoms with Crippen molar-refractivity contribution in [2.45, 2.75) is 77.9 Å². The molecule has 1 aromatic rings. The summed E-state index contributed by atoms with van der Waals surface area (Å²) < 4.78 is 2.14. The number of hydrogen-bond donors (Lipinski definition) is 2. The number of nitrogens with one attached hydrogen (secondary N) is 1. The van der Waals surface area contributed by atoms with Crippen LogP contribution in [0.25, 0.3) is 0 Å². The van der Waals surface area contributed by atoms with Crippen molar-refractivity contribution in [2.75, 3.05) is 6.61 Å². The molecule has 1 fully saturated rings. The topological polar surface area (TPSA) is 50.1 Å². The predicted octanol–water partition coefficient (Wildman–Crippen LogP) is 2.52. The molecule has 4 nitrogen and oxygen atoms in total. The third-order valence-electron chi connectivity index (χ3n) is 4.47. The Labute approximate surface area is 122 Å². The van der Waals surface area contributed by atoms with E-state index in [-0.39, 0.29) is 18.2 Å². The molecule has 0 spiro atoms. The molecule has 0 bridgehead atoms. The molecular weight excluding hydrogens is 250 g/mol. The Kier molecular flexibility index (Phi) is 4.55. The molecule has 0 aliphatic heterocycles. The number of aromatic nitrogens is 2. The summed E-state index contributed by atoms with van der Waals surface area (Å²) in [6.45, 7) is 10.9. The zero-order chi connectivity index (χ0) is 14.9. The summed E-state index contributed by atoms with van der Waals surface area (Å²) in [6, 6.07) is 0.892. The predicted molar refractivity (Wildman–Crippen MR) is 82.1 cm³/mol. The molecule has 0 amide bonds. The van der Waals surface area contributed by atoms with E-state index in [1.165, 1.54) is 24.1 Å². The summed E-state index contributed by atoms with van der Waals surface area (Å²) in [4.78, 5) is 0. The van der Waals surface area contributed by atoms with Crippen molar-refractivity contribution in [3.63, 3.8) is 0 Å². The molecule has 1 heterocycles. The molecule has 2 N–H and O–H groups in total. The standard InChI is InChI=1S/C16H29N3O/c1-6-15-12(3)18-19(13(15)4)11(2)9-16(5,10-20)17-14-7-8-14/h11,14,17,20H,6-10H2,1-5H3. The van der Waals surface area contributed by atoms with Gasteiger partial charge in [0.15, 0.2) is 0 Å². The lowest BCUT2D eigenvalue weighted by Crippen LogP contribution is -2.48. The lowest BCUT2D eigenvalue weighted by Gasteiger charge is -2.32. The molecule has 114 valence electrons. The van der Waals surface area contributed by atoms with E-state index in [4.69, 9.17) is 5.10 Å². The van der Waals surface area contributed by atoms with Crippen molar-refractivity contribution in [1.82, 2.24) is 15.1 Å². The summed E-state index contributed by atoms with van der Waals surface area (Å²) in [5.74, 6) is 0. The Bertz CT molecular complexity index is 465. The van der Waals surface area contributed by atoms with Crippen molar-refractivity contribution in [3.8, 4) is 0 Å². The van der Waals surface area contributed by atoms with Crippen LogP contribution < -0.4 is 5.32 Å². The molecule has 0 radical (unpaired) electrons. The number of nitrogens with zero attached hydrogens (tertiary/aromatic N) is 2. The van der Waals surface area contributed by atoms with Gasteiger partial charge in [-0.15, -0.1) is 0 Å². The second-order valence-electron chi connectivity index (χ2n) is 6.64. The molecule has 0 aromatic carbocycles. The van der Waals surface area contributed by atoms with Gasteiger partial charge in [-0.1, -0.05) is 6.92 Å². The molecule has 2 atom stereocenters. The molecule has 4 heteroatoms. The van der Waals surface area contributed by atoms with Crippen molar-refractivity contribution in [1.29, 1.82) is 0 Å². The second kappa shape index (κ2) is 5.86. The summed E-state index contributed by atoms with van der Waals surface area (Å²) in [5.41, 5.74) is 3.55. The minimum absolute atomic E-state index is 0.174. The van der Waals surface area contributed by atoms with Crippen molar-refractivity contribution >= 4 is 0 Å². The van der Waals surface area contributed by atoms with E-state index >= 15 is 0 Å². The van der Waals surface area contributed by atoms with Crippen LogP contribution in [-0.4, -0.2) is 33.1 Å². The van der Waals surface area contributed by atoms with Gasteiger partial charge in [-0.2, -0.15) is 5.10 Å². The van der Waals surface area contributed by atoms with Crippen LogP contribution in [0.15, 0.2) is 0 Å². The van der Waals surface area contributed by atoms with Gasteiger partial charge in [-0.25, -0.2) is 0 Å². The molecule has 1 saturated carbocycles. The number of aryl methyl sites for hydroxylation is 1. The Morgan fingerprint density at radius 3 is 2.55 bits per heavy atom. The van der Waals surface area contributed by atoms with Crippen LogP contribution in [0.2, 0.25) is 0 Å². The van der Waals surface area contributed by atoms with Gasteiger partial charge in [0.25, 0.3) is 0 Å². The highest BCUT2D eigenvalue weighted by Gasteiger charge is 2.34. The fourth-order valence-corrected chi connectivity index (χ4v) is 3.27. The van der Waals surface area contributed by atoms with Gasteiger partial charge in [0, 0.05) is 17.3 Å². The normalized spacial score (nSPS) is 19.9.